The molecule has 0 saturated carbocycles. The molecule has 174 valence electrons. The third-order valence-corrected chi connectivity index (χ3v) is 4.77. The van der Waals surface area contributed by atoms with E-state index in [2.05, 4.69) is 10.1 Å². The summed E-state index contributed by atoms with van der Waals surface area (Å²) in [5, 5.41) is 13.0. The first kappa shape index (κ1) is 23.7. The van der Waals surface area contributed by atoms with E-state index in [9.17, 15) is 14.4 Å². The zero-order valence-corrected chi connectivity index (χ0v) is 18.9. The van der Waals surface area contributed by atoms with Crippen LogP contribution in [0.5, 0.6) is 5.75 Å². The second-order valence-corrected chi connectivity index (χ2v) is 8.40. The van der Waals surface area contributed by atoms with Crippen LogP contribution in [0.1, 0.15) is 49.8 Å². The van der Waals surface area contributed by atoms with Gasteiger partial charge in [0.15, 0.2) is 5.75 Å². The highest BCUT2D eigenvalue weighted by Crippen LogP contribution is 2.23. The van der Waals surface area contributed by atoms with Crippen molar-refractivity contribution in [2.75, 3.05) is 20.2 Å². The number of carbonyl (C=O) groups excluding carboxylic acids is 2. The molecule has 2 aromatic heterocycles. The van der Waals surface area contributed by atoms with Crippen LogP contribution in [0, 0.1) is 11.3 Å². The van der Waals surface area contributed by atoms with Gasteiger partial charge in [0.1, 0.15) is 23.5 Å². The van der Waals surface area contributed by atoms with Crippen molar-refractivity contribution in [3.8, 4) is 17.5 Å². The lowest BCUT2D eigenvalue weighted by molar-refractivity contribution is 0.0125. The predicted molar refractivity (Wildman–Crippen MR) is 115 cm³/mol. The maximum absolute atomic E-state index is 12.7. The van der Waals surface area contributed by atoms with E-state index in [1.165, 1.54) is 25.4 Å². The first-order valence-electron chi connectivity index (χ1n) is 10.3. The number of piperidine rings is 1. The van der Waals surface area contributed by atoms with E-state index in [1.807, 2.05) is 6.07 Å². The van der Waals surface area contributed by atoms with Gasteiger partial charge in [-0.05, 0) is 32.9 Å². The van der Waals surface area contributed by atoms with E-state index in [1.54, 1.807) is 25.7 Å². The molecule has 0 spiro atoms. The number of likely N-dealkylation sites (tertiary alicyclic amines) is 1. The molecule has 3 rings (SSSR count). The lowest BCUT2D eigenvalue weighted by Crippen LogP contribution is -2.44. The molecule has 0 radical (unpaired) electrons. The maximum Gasteiger partial charge on any atom is 0.410 e. The molecule has 0 atom stereocenters. The lowest BCUT2D eigenvalue weighted by Gasteiger charge is -2.33. The Balaban J connectivity index is 1.78. The number of hydrogen-bond acceptors (Lipinski definition) is 9. The van der Waals surface area contributed by atoms with Gasteiger partial charge in [0.2, 0.25) is 5.69 Å². The summed E-state index contributed by atoms with van der Waals surface area (Å²) in [4.78, 5) is 42.8. The first-order valence-corrected chi connectivity index (χ1v) is 10.3. The Morgan fingerprint density at radius 3 is 2.45 bits per heavy atom. The van der Waals surface area contributed by atoms with Crippen molar-refractivity contribution in [2.24, 2.45) is 0 Å². The van der Waals surface area contributed by atoms with E-state index in [4.69, 9.17) is 19.5 Å². The third-order valence-electron chi connectivity index (χ3n) is 4.77. The summed E-state index contributed by atoms with van der Waals surface area (Å²) in [5.74, 6) is -0.771. The van der Waals surface area contributed by atoms with Crippen LogP contribution in [0.4, 0.5) is 4.79 Å². The molecule has 1 aliphatic rings. The van der Waals surface area contributed by atoms with Crippen molar-refractivity contribution >= 4 is 12.1 Å². The molecule has 1 fully saturated rings. The smallest absolute Gasteiger partial charge is 0.410 e. The van der Waals surface area contributed by atoms with Crippen LogP contribution in [0.25, 0.3) is 5.69 Å². The third kappa shape index (κ3) is 5.85. The number of nitrogens with zero attached hydrogens (tertiary/aromatic N) is 5. The molecular formula is C22H25N5O6. The number of aromatic nitrogens is 3. The van der Waals surface area contributed by atoms with Gasteiger partial charge in [0, 0.05) is 25.9 Å². The molecule has 0 aliphatic carbocycles. The van der Waals surface area contributed by atoms with Crippen LogP contribution in [0.2, 0.25) is 0 Å². The quantitative estimate of drug-likeness (QED) is 0.634. The summed E-state index contributed by atoms with van der Waals surface area (Å²) in [7, 11) is 1.20. The van der Waals surface area contributed by atoms with Gasteiger partial charge in [-0.25, -0.2) is 14.6 Å². The van der Waals surface area contributed by atoms with Gasteiger partial charge in [-0.3, -0.25) is 4.79 Å². The molecular weight excluding hydrogens is 430 g/mol. The zero-order valence-electron chi connectivity index (χ0n) is 18.9. The topological polar surface area (TPSA) is 137 Å². The average Bonchev–Trinajstić information content (AvgIpc) is 2.78. The van der Waals surface area contributed by atoms with E-state index in [-0.39, 0.29) is 28.9 Å². The van der Waals surface area contributed by atoms with Gasteiger partial charge in [-0.15, -0.1) is 0 Å². The Morgan fingerprint density at radius 2 is 1.91 bits per heavy atom. The van der Waals surface area contributed by atoms with Crippen LogP contribution in [0.15, 0.2) is 29.2 Å². The highest BCUT2D eigenvalue weighted by Gasteiger charge is 2.29. The number of ether oxygens (including phenoxy) is 3. The molecule has 1 saturated heterocycles. The lowest BCUT2D eigenvalue weighted by atomic mass is 10.1. The molecule has 11 nitrogen and oxygen atoms in total. The monoisotopic (exact) mass is 455 g/mol. The summed E-state index contributed by atoms with van der Waals surface area (Å²) >= 11 is 0. The number of hydrogen-bond donors (Lipinski definition) is 0. The normalized spacial score (nSPS) is 14.3. The van der Waals surface area contributed by atoms with E-state index < -0.39 is 23.2 Å². The van der Waals surface area contributed by atoms with Crippen molar-refractivity contribution in [1.82, 2.24) is 19.7 Å². The number of esters is 1. The second-order valence-electron chi connectivity index (χ2n) is 8.40. The fraction of sp³-hybridized carbons (Fsp3) is 0.455. The van der Waals surface area contributed by atoms with Crippen LogP contribution < -0.4 is 10.3 Å². The molecule has 1 aliphatic heterocycles. The molecule has 0 N–H and O–H groups in total. The number of rotatable bonds is 4. The zero-order chi connectivity index (χ0) is 24.2. The standard InChI is InChI=1S/C22H25N5O6/c1-22(2,3)33-21(30)26-9-7-16(8-10-26)32-17-11-18(28)27(25-19(17)20(29)31-4)15-6-5-14(12-23)24-13-15/h5-6,11,13,16H,7-10H2,1-4H3. The van der Waals surface area contributed by atoms with Gasteiger partial charge >= 0.3 is 12.1 Å². The molecule has 0 bridgehead atoms. The molecule has 0 aromatic carbocycles. The number of pyridine rings is 1. The van der Waals surface area contributed by atoms with E-state index in [0.29, 0.717) is 25.9 Å². The Kier molecular flexibility index (Phi) is 6.96. The molecule has 33 heavy (non-hydrogen) atoms. The van der Waals surface area contributed by atoms with Crippen molar-refractivity contribution < 1.29 is 23.8 Å². The summed E-state index contributed by atoms with van der Waals surface area (Å²) in [5.41, 5.74) is -0.842. The largest absolute Gasteiger partial charge is 0.487 e. The van der Waals surface area contributed by atoms with Crippen molar-refractivity contribution in [3.63, 3.8) is 0 Å². The summed E-state index contributed by atoms with van der Waals surface area (Å²) in [6.07, 6.45) is 1.56. The summed E-state index contributed by atoms with van der Waals surface area (Å²) in [6, 6.07) is 5.98. The van der Waals surface area contributed by atoms with Gasteiger partial charge in [-0.1, -0.05) is 0 Å². The van der Waals surface area contributed by atoms with Gasteiger partial charge < -0.3 is 19.1 Å². The Hall–Kier alpha value is -3.94. The molecule has 11 heteroatoms. The Morgan fingerprint density at radius 1 is 1.21 bits per heavy atom. The van der Waals surface area contributed by atoms with Gasteiger partial charge in [-0.2, -0.15) is 15.0 Å². The molecule has 1 amide bonds. The number of nitriles is 1. The second kappa shape index (κ2) is 9.68. The minimum absolute atomic E-state index is 0.000391. The highest BCUT2D eigenvalue weighted by molar-refractivity contribution is 5.90. The Labute approximate surface area is 190 Å². The van der Waals surface area contributed by atoms with Gasteiger partial charge in [0.25, 0.3) is 5.56 Å². The Bertz CT molecular complexity index is 1120. The van der Waals surface area contributed by atoms with Crippen molar-refractivity contribution in [1.29, 1.82) is 5.26 Å². The predicted octanol–water partition coefficient (Wildman–Crippen LogP) is 2.06. The highest BCUT2D eigenvalue weighted by atomic mass is 16.6. The van der Waals surface area contributed by atoms with E-state index >= 15 is 0 Å². The fourth-order valence-electron chi connectivity index (χ4n) is 3.19. The number of methoxy groups -OCH3 is 1. The molecule has 3 heterocycles. The summed E-state index contributed by atoms with van der Waals surface area (Å²) in [6.45, 7) is 6.23. The minimum Gasteiger partial charge on any atom is -0.487 e. The number of amides is 1. The fourth-order valence-corrected chi connectivity index (χ4v) is 3.19. The van der Waals surface area contributed by atoms with Gasteiger partial charge in [0.05, 0.1) is 25.1 Å². The summed E-state index contributed by atoms with van der Waals surface area (Å²) < 4.78 is 17.1. The SMILES string of the molecule is COC(=O)c1nn(-c2ccc(C#N)nc2)c(=O)cc1OC1CCN(C(=O)OC(C)(C)C)CC1. The molecule has 0 unspecified atom stereocenters. The van der Waals surface area contributed by atoms with Crippen LogP contribution in [-0.4, -0.2) is 63.6 Å². The van der Waals surface area contributed by atoms with Crippen LogP contribution in [-0.2, 0) is 9.47 Å². The number of carbonyl (C=O) groups is 2. The van der Waals surface area contributed by atoms with Crippen LogP contribution in [0.3, 0.4) is 0 Å². The minimum atomic E-state index is -0.772. The average molecular weight is 455 g/mol. The maximum atomic E-state index is 12.7. The van der Waals surface area contributed by atoms with Crippen LogP contribution >= 0.6 is 0 Å². The van der Waals surface area contributed by atoms with Crippen molar-refractivity contribution in [2.45, 2.75) is 45.3 Å². The first-order chi connectivity index (χ1) is 15.6. The van der Waals surface area contributed by atoms with Crippen molar-refractivity contribution in [3.05, 3.63) is 46.1 Å². The van der Waals surface area contributed by atoms with E-state index in [0.717, 1.165) is 10.7 Å². The molecule has 2 aromatic rings.